The van der Waals surface area contributed by atoms with Gasteiger partial charge in [0.25, 0.3) is 0 Å². The summed E-state index contributed by atoms with van der Waals surface area (Å²) in [6.45, 7) is 0. The second kappa shape index (κ2) is 11.2. The van der Waals surface area contributed by atoms with Gasteiger partial charge in [-0.25, -0.2) is 4.98 Å². The minimum Gasteiger partial charge on any atom is -0.454 e. The molecule has 7 aromatic carbocycles. The van der Waals surface area contributed by atoms with Crippen molar-refractivity contribution in [1.29, 1.82) is 5.26 Å². The van der Waals surface area contributed by atoms with Gasteiger partial charge >= 0.3 is 0 Å². The van der Waals surface area contributed by atoms with E-state index in [0.717, 1.165) is 82.4 Å². The number of hydrogen-bond donors (Lipinski definition) is 0. The van der Waals surface area contributed by atoms with E-state index in [2.05, 4.69) is 100 Å². The van der Waals surface area contributed by atoms with Gasteiger partial charge in [0.05, 0.1) is 33.7 Å². The predicted molar refractivity (Wildman–Crippen MR) is 211 cm³/mol. The summed E-state index contributed by atoms with van der Waals surface area (Å²) in [5.74, 6) is 1.56. The Kier molecular flexibility index (Phi) is 6.18. The molecule has 11 rings (SSSR count). The highest BCUT2D eigenvalue weighted by atomic mass is 16.3. The zero-order chi connectivity index (χ0) is 35.0. The van der Waals surface area contributed by atoms with Crippen molar-refractivity contribution in [1.82, 2.24) is 24.1 Å². The van der Waals surface area contributed by atoms with E-state index in [1.54, 1.807) is 12.1 Å². The first-order valence-electron chi connectivity index (χ1n) is 17.4. The molecule has 0 spiro atoms. The standard InChI is InChI=1S/C46H26N6O/c47-27-28-23-25-30(26-24-28)45-48-44(29-13-3-1-4-14-29)49-46(50-45)52-36-21-11-7-17-32(36)38-39-34-19-9-12-22-37(34)53-43(39)42-40(41(38)52)33-18-8-10-20-35(33)51(42)31-15-5-2-6-16-31/h1-26H. The van der Waals surface area contributed by atoms with Crippen molar-refractivity contribution in [3.63, 3.8) is 0 Å². The van der Waals surface area contributed by atoms with Crippen LogP contribution in [0.2, 0.25) is 0 Å². The molecule has 0 bridgehead atoms. The minimum absolute atomic E-state index is 0.495. The van der Waals surface area contributed by atoms with Gasteiger partial charge in [-0.3, -0.25) is 4.57 Å². The lowest BCUT2D eigenvalue weighted by Gasteiger charge is -2.12. The van der Waals surface area contributed by atoms with Gasteiger partial charge in [0.2, 0.25) is 5.95 Å². The molecule has 53 heavy (non-hydrogen) atoms. The van der Waals surface area contributed by atoms with Crippen molar-refractivity contribution in [3.05, 3.63) is 163 Å². The molecule has 0 aliphatic heterocycles. The fourth-order valence-electron chi connectivity index (χ4n) is 7.94. The summed E-state index contributed by atoms with van der Waals surface area (Å²) in [4.78, 5) is 15.5. The van der Waals surface area contributed by atoms with Gasteiger partial charge in [0.1, 0.15) is 5.58 Å². The minimum atomic E-state index is 0.495. The average Bonchev–Trinajstić information content (AvgIpc) is 3.89. The van der Waals surface area contributed by atoms with E-state index in [-0.39, 0.29) is 0 Å². The van der Waals surface area contributed by atoms with Crippen molar-refractivity contribution >= 4 is 65.6 Å². The van der Waals surface area contributed by atoms with Crippen molar-refractivity contribution < 1.29 is 4.42 Å². The Hall–Kier alpha value is -7.56. The summed E-state index contributed by atoms with van der Waals surface area (Å²) < 4.78 is 11.4. The number of benzene rings is 7. The normalized spacial score (nSPS) is 11.8. The molecule has 0 radical (unpaired) electrons. The van der Waals surface area contributed by atoms with E-state index in [4.69, 9.17) is 19.4 Å². The molecule has 0 aliphatic rings. The molecule has 0 amide bonds. The summed E-state index contributed by atoms with van der Waals surface area (Å²) in [5.41, 5.74) is 8.93. The molecule has 11 aromatic rings. The van der Waals surface area contributed by atoms with E-state index < -0.39 is 0 Å². The van der Waals surface area contributed by atoms with Gasteiger partial charge in [-0.2, -0.15) is 15.2 Å². The van der Waals surface area contributed by atoms with Crippen LogP contribution in [0.5, 0.6) is 0 Å². The van der Waals surface area contributed by atoms with Gasteiger partial charge in [-0.05, 0) is 54.6 Å². The van der Waals surface area contributed by atoms with Gasteiger partial charge in [0, 0.05) is 49.1 Å². The number of hydrogen-bond acceptors (Lipinski definition) is 5. The second-order valence-corrected chi connectivity index (χ2v) is 13.1. The molecule has 0 fully saturated rings. The Morgan fingerprint density at radius 1 is 0.472 bits per heavy atom. The van der Waals surface area contributed by atoms with Crippen LogP contribution in [0.15, 0.2) is 162 Å². The van der Waals surface area contributed by atoms with E-state index in [0.29, 0.717) is 23.2 Å². The lowest BCUT2D eigenvalue weighted by atomic mass is 10.0. The highest BCUT2D eigenvalue weighted by Gasteiger charge is 2.28. The summed E-state index contributed by atoms with van der Waals surface area (Å²) in [6, 6.07) is 55.4. The van der Waals surface area contributed by atoms with Crippen LogP contribution in [0.25, 0.3) is 100.0 Å². The zero-order valence-corrected chi connectivity index (χ0v) is 28.1. The Balaban J connectivity index is 1.39. The number of rotatable bonds is 4. The van der Waals surface area contributed by atoms with Crippen LogP contribution in [0.3, 0.4) is 0 Å². The molecule has 246 valence electrons. The van der Waals surface area contributed by atoms with Crippen LogP contribution in [0.1, 0.15) is 5.56 Å². The summed E-state index contributed by atoms with van der Waals surface area (Å²) in [5, 5.41) is 15.9. The molecule has 0 atom stereocenters. The Labute approximate surface area is 302 Å². The predicted octanol–water partition coefficient (Wildman–Crippen LogP) is 11.2. The largest absolute Gasteiger partial charge is 0.454 e. The highest BCUT2D eigenvalue weighted by Crippen LogP contribution is 2.49. The highest BCUT2D eigenvalue weighted by molar-refractivity contribution is 6.39. The number of fused-ring (bicyclic) bond motifs is 12. The Morgan fingerprint density at radius 3 is 1.74 bits per heavy atom. The van der Waals surface area contributed by atoms with E-state index in [1.165, 1.54) is 0 Å². The van der Waals surface area contributed by atoms with Crippen molar-refractivity contribution in [3.8, 4) is 40.5 Å². The maximum atomic E-state index is 9.52. The first kappa shape index (κ1) is 29.2. The molecule has 0 N–H and O–H groups in total. The van der Waals surface area contributed by atoms with Crippen molar-refractivity contribution in [2.45, 2.75) is 0 Å². The molecule has 7 heteroatoms. The molecule has 0 saturated carbocycles. The SMILES string of the molecule is N#Cc1ccc(-c2nc(-c3ccccc3)nc(-n3c4ccccc4c4c5c6ccccc6oc5c5c(c6ccccc6n5-c5ccccc5)c43)n2)cc1. The Bertz CT molecular complexity index is 3280. The van der Waals surface area contributed by atoms with Crippen LogP contribution in [-0.4, -0.2) is 24.1 Å². The molecule has 0 saturated heterocycles. The van der Waals surface area contributed by atoms with Gasteiger partial charge in [0.15, 0.2) is 17.2 Å². The molecule has 7 nitrogen and oxygen atoms in total. The monoisotopic (exact) mass is 678 g/mol. The molecular formula is C46H26N6O. The number of aromatic nitrogens is 5. The van der Waals surface area contributed by atoms with Gasteiger partial charge in [-0.1, -0.05) is 103 Å². The van der Waals surface area contributed by atoms with Crippen LogP contribution in [0, 0.1) is 11.3 Å². The summed E-state index contributed by atoms with van der Waals surface area (Å²) in [6.07, 6.45) is 0. The number of nitriles is 1. The smallest absolute Gasteiger partial charge is 0.238 e. The average molecular weight is 679 g/mol. The Morgan fingerprint density at radius 2 is 1.04 bits per heavy atom. The van der Waals surface area contributed by atoms with Crippen molar-refractivity contribution in [2.75, 3.05) is 0 Å². The van der Waals surface area contributed by atoms with E-state index >= 15 is 0 Å². The topological polar surface area (TPSA) is 85.5 Å². The quantitative estimate of drug-likeness (QED) is 0.185. The lowest BCUT2D eigenvalue weighted by Crippen LogP contribution is -2.06. The number of para-hydroxylation sites is 4. The number of furan rings is 1. The third-order valence-electron chi connectivity index (χ3n) is 10.2. The third-order valence-corrected chi connectivity index (χ3v) is 10.2. The number of nitrogens with zero attached hydrogens (tertiary/aromatic N) is 6. The van der Waals surface area contributed by atoms with Gasteiger partial charge < -0.3 is 8.98 Å². The fourth-order valence-corrected chi connectivity index (χ4v) is 7.94. The van der Waals surface area contributed by atoms with Crippen LogP contribution in [-0.2, 0) is 0 Å². The summed E-state index contributed by atoms with van der Waals surface area (Å²) >= 11 is 0. The zero-order valence-electron chi connectivity index (χ0n) is 28.1. The molecular weight excluding hydrogens is 653 g/mol. The van der Waals surface area contributed by atoms with E-state index in [9.17, 15) is 5.26 Å². The fraction of sp³-hybridized carbons (Fsp3) is 0. The van der Waals surface area contributed by atoms with Gasteiger partial charge in [-0.15, -0.1) is 0 Å². The second-order valence-electron chi connectivity index (χ2n) is 13.1. The molecule has 4 aromatic heterocycles. The van der Waals surface area contributed by atoms with Crippen LogP contribution in [0.4, 0.5) is 0 Å². The first-order chi connectivity index (χ1) is 26.3. The van der Waals surface area contributed by atoms with Crippen LogP contribution < -0.4 is 0 Å². The maximum Gasteiger partial charge on any atom is 0.238 e. The van der Waals surface area contributed by atoms with E-state index in [1.807, 2.05) is 60.7 Å². The summed E-state index contributed by atoms with van der Waals surface area (Å²) in [7, 11) is 0. The van der Waals surface area contributed by atoms with Crippen molar-refractivity contribution in [2.24, 2.45) is 0 Å². The third kappa shape index (κ3) is 4.24. The first-order valence-corrected chi connectivity index (χ1v) is 17.4. The molecule has 0 unspecified atom stereocenters. The lowest BCUT2D eigenvalue weighted by molar-refractivity contribution is 0.671. The maximum absolute atomic E-state index is 9.52. The molecule has 0 aliphatic carbocycles. The molecule has 4 heterocycles. The van der Waals surface area contributed by atoms with Crippen LogP contribution >= 0.6 is 0 Å².